The number of benzene rings is 1. The maximum atomic E-state index is 5.58. The van der Waals surface area contributed by atoms with Gasteiger partial charge in [-0.15, -0.1) is 0 Å². The Kier molecular flexibility index (Phi) is 5.44. The summed E-state index contributed by atoms with van der Waals surface area (Å²) in [6.45, 7) is 5.48. The van der Waals surface area contributed by atoms with Crippen LogP contribution in [0.2, 0.25) is 0 Å². The van der Waals surface area contributed by atoms with E-state index in [0.717, 1.165) is 44.4 Å². The lowest BCUT2D eigenvalue weighted by Gasteiger charge is -2.28. The molecule has 0 amide bonds. The van der Waals surface area contributed by atoms with Crippen LogP contribution in [0.1, 0.15) is 29.9 Å². The second kappa shape index (κ2) is 7.52. The van der Waals surface area contributed by atoms with E-state index in [0.29, 0.717) is 0 Å². The van der Waals surface area contributed by atoms with E-state index in [1.165, 1.54) is 35.5 Å². The van der Waals surface area contributed by atoms with Gasteiger partial charge in [-0.3, -0.25) is 4.90 Å². The average molecular weight is 306 g/mol. The van der Waals surface area contributed by atoms with Crippen LogP contribution in [0.3, 0.4) is 0 Å². The highest BCUT2D eigenvalue weighted by Crippen LogP contribution is 2.34. The molecule has 0 atom stereocenters. The van der Waals surface area contributed by atoms with Crippen molar-refractivity contribution in [1.82, 2.24) is 10.2 Å². The minimum atomic E-state index is 0.749. The van der Waals surface area contributed by atoms with Crippen molar-refractivity contribution in [3.8, 4) is 5.75 Å². The Balaban J connectivity index is 1.75. The summed E-state index contributed by atoms with van der Waals surface area (Å²) >= 11 is 2.09. The molecular weight excluding hydrogens is 280 g/mol. The van der Waals surface area contributed by atoms with Crippen LogP contribution < -0.4 is 10.1 Å². The first-order valence-electron chi connectivity index (χ1n) is 8.04. The van der Waals surface area contributed by atoms with Gasteiger partial charge in [0.25, 0.3) is 0 Å². The highest BCUT2D eigenvalue weighted by Gasteiger charge is 2.18. The van der Waals surface area contributed by atoms with Crippen molar-refractivity contribution < 1.29 is 4.74 Å². The van der Waals surface area contributed by atoms with Gasteiger partial charge in [0.15, 0.2) is 0 Å². The second-order valence-corrected chi connectivity index (χ2v) is 7.21. The van der Waals surface area contributed by atoms with E-state index in [1.54, 1.807) is 7.11 Å². The van der Waals surface area contributed by atoms with Gasteiger partial charge in [0.1, 0.15) is 5.75 Å². The maximum Gasteiger partial charge on any atom is 0.123 e. The SMILES string of the molecule is COc1ccc(C2CCSCC2)cc1CN1CCNCC1. The highest BCUT2D eigenvalue weighted by molar-refractivity contribution is 7.99. The van der Waals surface area contributed by atoms with Crippen molar-refractivity contribution in [2.75, 3.05) is 44.8 Å². The molecule has 0 spiro atoms. The number of hydrogen-bond donors (Lipinski definition) is 1. The van der Waals surface area contributed by atoms with E-state index >= 15 is 0 Å². The average Bonchev–Trinajstić information content (AvgIpc) is 2.56. The van der Waals surface area contributed by atoms with E-state index in [9.17, 15) is 0 Å². The number of hydrogen-bond acceptors (Lipinski definition) is 4. The Morgan fingerprint density at radius 2 is 2.00 bits per heavy atom. The van der Waals surface area contributed by atoms with Crippen molar-refractivity contribution in [1.29, 1.82) is 0 Å². The summed E-state index contributed by atoms with van der Waals surface area (Å²) in [6.07, 6.45) is 2.65. The van der Waals surface area contributed by atoms with Crippen LogP contribution in [0, 0.1) is 0 Å². The van der Waals surface area contributed by atoms with Gasteiger partial charge >= 0.3 is 0 Å². The van der Waals surface area contributed by atoms with Gasteiger partial charge in [-0.05, 0) is 41.9 Å². The van der Waals surface area contributed by atoms with Gasteiger partial charge in [-0.25, -0.2) is 0 Å². The Morgan fingerprint density at radius 1 is 1.24 bits per heavy atom. The molecule has 2 heterocycles. The van der Waals surface area contributed by atoms with Gasteiger partial charge in [0.05, 0.1) is 7.11 Å². The molecule has 1 N–H and O–H groups in total. The predicted molar refractivity (Wildman–Crippen MR) is 90.4 cm³/mol. The Morgan fingerprint density at radius 3 is 2.71 bits per heavy atom. The number of thioether (sulfide) groups is 1. The molecule has 2 fully saturated rings. The van der Waals surface area contributed by atoms with Crippen LogP contribution >= 0.6 is 11.8 Å². The monoisotopic (exact) mass is 306 g/mol. The van der Waals surface area contributed by atoms with Crippen molar-refractivity contribution in [2.24, 2.45) is 0 Å². The van der Waals surface area contributed by atoms with Crippen LogP contribution in [-0.4, -0.2) is 49.7 Å². The number of rotatable bonds is 4. The minimum absolute atomic E-state index is 0.749. The predicted octanol–water partition coefficient (Wildman–Crippen LogP) is 2.71. The zero-order valence-corrected chi connectivity index (χ0v) is 13.8. The lowest BCUT2D eigenvalue weighted by Crippen LogP contribution is -2.42. The van der Waals surface area contributed by atoms with Gasteiger partial charge in [-0.1, -0.05) is 12.1 Å². The zero-order chi connectivity index (χ0) is 14.5. The quantitative estimate of drug-likeness (QED) is 0.924. The minimum Gasteiger partial charge on any atom is -0.496 e. The first-order valence-corrected chi connectivity index (χ1v) is 9.20. The molecule has 3 nitrogen and oxygen atoms in total. The zero-order valence-electron chi connectivity index (χ0n) is 12.9. The molecule has 0 bridgehead atoms. The lowest BCUT2D eigenvalue weighted by atomic mass is 9.92. The number of nitrogens with one attached hydrogen (secondary N) is 1. The molecular formula is C17H26N2OS. The van der Waals surface area contributed by atoms with Gasteiger partial charge in [-0.2, -0.15) is 11.8 Å². The van der Waals surface area contributed by atoms with E-state index in [-0.39, 0.29) is 0 Å². The molecule has 0 aromatic heterocycles. The van der Waals surface area contributed by atoms with Crippen molar-refractivity contribution in [3.05, 3.63) is 29.3 Å². The Bertz CT molecular complexity index is 454. The molecule has 1 aromatic rings. The van der Waals surface area contributed by atoms with E-state index in [1.807, 2.05) is 0 Å². The van der Waals surface area contributed by atoms with Crippen molar-refractivity contribution >= 4 is 11.8 Å². The van der Waals surface area contributed by atoms with Crippen LogP contribution in [-0.2, 0) is 6.54 Å². The van der Waals surface area contributed by atoms with Crippen LogP contribution in [0.15, 0.2) is 18.2 Å². The largest absolute Gasteiger partial charge is 0.496 e. The summed E-state index contributed by atoms with van der Waals surface area (Å²) in [4.78, 5) is 2.52. The first kappa shape index (κ1) is 15.2. The fourth-order valence-electron chi connectivity index (χ4n) is 3.32. The fraction of sp³-hybridized carbons (Fsp3) is 0.647. The third kappa shape index (κ3) is 3.93. The molecule has 1 aromatic carbocycles. The summed E-state index contributed by atoms with van der Waals surface area (Å²) in [5.41, 5.74) is 2.87. The summed E-state index contributed by atoms with van der Waals surface area (Å²) in [5.74, 6) is 4.41. The Labute approximate surface area is 132 Å². The maximum absolute atomic E-state index is 5.58. The molecule has 0 aliphatic carbocycles. The number of ether oxygens (including phenoxy) is 1. The van der Waals surface area contributed by atoms with E-state index in [4.69, 9.17) is 4.74 Å². The lowest BCUT2D eigenvalue weighted by molar-refractivity contribution is 0.230. The second-order valence-electron chi connectivity index (χ2n) is 5.98. The smallest absolute Gasteiger partial charge is 0.123 e. The molecule has 2 aliphatic rings. The van der Waals surface area contributed by atoms with Crippen molar-refractivity contribution in [2.45, 2.75) is 25.3 Å². The molecule has 0 radical (unpaired) electrons. The van der Waals surface area contributed by atoms with Gasteiger partial charge < -0.3 is 10.1 Å². The third-order valence-electron chi connectivity index (χ3n) is 4.60. The summed E-state index contributed by atoms with van der Waals surface area (Å²) in [6, 6.07) is 6.86. The molecule has 0 unspecified atom stereocenters. The fourth-order valence-corrected chi connectivity index (χ4v) is 4.42. The number of nitrogens with zero attached hydrogens (tertiary/aromatic N) is 1. The van der Waals surface area contributed by atoms with Gasteiger partial charge in [0, 0.05) is 38.3 Å². The number of piperazine rings is 1. The molecule has 21 heavy (non-hydrogen) atoms. The summed E-state index contributed by atoms with van der Waals surface area (Å²) in [7, 11) is 1.79. The van der Waals surface area contributed by atoms with E-state index in [2.05, 4.69) is 40.2 Å². The Hall–Kier alpha value is -0.710. The molecule has 3 rings (SSSR count). The van der Waals surface area contributed by atoms with Crippen LogP contribution in [0.5, 0.6) is 5.75 Å². The molecule has 4 heteroatoms. The molecule has 2 aliphatic heterocycles. The van der Waals surface area contributed by atoms with Crippen molar-refractivity contribution in [3.63, 3.8) is 0 Å². The first-order chi connectivity index (χ1) is 10.4. The van der Waals surface area contributed by atoms with Crippen LogP contribution in [0.4, 0.5) is 0 Å². The summed E-state index contributed by atoms with van der Waals surface area (Å²) < 4.78 is 5.58. The summed E-state index contributed by atoms with van der Waals surface area (Å²) in [5, 5.41) is 3.42. The standard InChI is InChI=1S/C17H26N2OS/c1-20-17-3-2-15(14-4-10-21-11-5-14)12-16(17)13-19-8-6-18-7-9-19/h2-3,12,14,18H,4-11,13H2,1H3. The molecule has 2 saturated heterocycles. The van der Waals surface area contributed by atoms with Gasteiger partial charge in [0.2, 0.25) is 0 Å². The molecule has 116 valence electrons. The molecule has 0 saturated carbocycles. The number of methoxy groups -OCH3 is 1. The topological polar surface area (TPSA) is 24.5 Å². The highest BCUT2D eigenvalue weighted by atomic mass is 32.2. The normalized spacial score (nSPS) is 21.4. The van der Waals surface area contributed by atoms with Crippen LogP contribution in [0.25, 0.3) is 0 Å². The third-order valence-corrected chi connectivity index (χ3v) is 5.65. The van der Waals surface area contributed by atoms with E-state index < -0.39 is 0 Å².